The molecule has 1 amide bonds. The molecular formula is C16H16N6O3. The maximum Gasteiger partial charge on any atom is 0.267 e. The first-order chi connectivity index (χ1) is 12.1. The summed E-state index contributed by atoms with van der Waals surface area (Å²) in [6, 6.07) is 6.46. The molecule has 1 N–H and O–H groups in total. The van der Waals surface area contributed by atoms with Gasteiger partial charge in [0, 0.05) is 24.5 Å². The van der Waals surface area contributed by atoms with E-state index in [9.17, 15) is 9.59 Å². The maximum absolute atomic E-state index is 11.8. The Bertz CT molecular complexity index is 945. The van der Waals surface area contributed by atoms with Crippen molar-refractivity contribution in [3.63, 3.8) is 0 Å². The van der Waals surface area contributed by atoms with Crippen molar-refractivity contribution in [3.05, 3.63) is 46.5 Å². The van der Waals surface area contributed by atoms with Crippen LogP contribution < -0.4 is 10.9 Å². The minimum atomic E-state index is -0.388. The molecule has 0 radical (unpaired) electrons. The predicted molar refractivity (Wildman–Crippen MR) is 88.4 cm³/mol. The van der Waals surface area contributed by atoms with E-state index in [4.69, 9.17) is 4.52 Å². The summed E-state index contributed by atoms with van der Waals surface area (Å²) in [4.78, 5) is 32.0. The molecule has 3 heterocycles. The van der Waals surface area contributed by atoms with Crippen molar-refractivity contribution in [2.45, 2.75) is 20.4 Å². The Balaban J connectivity index is 1.88. The molecule has 0 atom stereocenters. The largest absolute Gasteiger partial charge is 0.355 e. The van der Waals surface area contributed by atoms with Crippen molar-refractivity contribution in [2.75, 3.05) is 6.54 Å². The van der Waals surface area contributed by atoms with Crippen LogP contribution in [0.3, 0.4) is 0 Å². The molecule has 128 valence electrons. The van der Waals surface area contributed by atoms with Crippen molar-refractivity contribution in [1.82, 2.24) is 30.2 Å². The van der Waals surface area contributed by atoms with Crippen LogP contribution in [0.15, 0.2) is 39.8 Å². The Kier molecular flexibility index (Phi) is 4.64. The van der Waals surface area contributed by atoms with Gasteiger partial charge >= 0.3 is 0 Å². The van der Waals surface area contributed by atoms with Gasteiger partial charge in [0.1, 0.15) is 12.2 Å². The Labute approximate surface area is 142 Å². The predicted octanol–water partition coefficient (Wildman–Crippen LogP) is 0.800. The normalized spacial score (nSPS) is 10.6. The molecule has 0 unspecified atom stereocenters. The highest BCUT2D eigenvalue weighted by Gasteiger charge is 2.14. The number of nitrogens with zero attached hydrogens (tertiary/aromatic N) is 5. The minimum Gasteiger partial charge on any atom is -0.355 e. The summed E-state index contributed by atoms with van der Waals surface area (Å²) in [6.45, 7) is 3.98. The van der Waals surface area contributed by atoms with Gasteiger partial charge in [0.15, 0.2) is 0 Å². The summed E-state index contributed by atoms with van der Waals surface area (Å²) in [5.74, 6) is 0.222. The molecule has 3 aromatic rings. The number of aryl methyl sites for hydroxylation is 1. The van der Waals surface area contributed by atoms with E-state index in [1.165, 1.54) is 12.1 Å². The van der Waals surface area contributed by atoms with Crippen molar-refractivity contribution in [2.24, 2.45) is 0 Å². The number of carbonyl (C=O) groups is 1. The molecule has 0 spiro atoms. The first kappa shape index (κ1) is 16.5. The molecule has 3 rings (SSSR count). The highest BCUT2D eigenvalue weighted by molar-refractivity contribution is 5.75. The highest BCUT2D eigenvalue weighted by atomic mass is 16.5. The third kappa shape index (κ3) is 3.77. The molecule has 0 aliphatic heterocycles. The van der Waals surface area contributed by atoms with E-state index in [2.05, 4.69) is 25.5 Å². The third-order valence-electron chi connectivity index (χ3n) is 3.35. The first-order valence-electron chi connectivity index (χ1n) is 7.69. The van der Waals surface area contributed by atoms with Gasteiger partial charge in [0.25, 0.3) is 11.4 Å². The average Bonchev–Trinajstić information content (AvgIpc) is 3.08. The monoisotopic (exact) mass is 340 g/mol. The second kappa shape index (κ2) is 7.04. The maximum atomic E-state index is 11.8. The summed E-state index contributed by atoms with van der Waals surface area (Å²) in [5.41, 5.74) is 1.50. The van der Waals surface area contributed by atoms with Gasteiger partial charge in [0.2, 0.25) is 11.7 Å². The molecule has 0 aliphatic rings. The van der Waals surface area contributed by atoms with E-state index >= 15 is 0 Å². The molecule has 0 saturated heterocycles. The Hall–Kier alpha value is -3.36. The summed E-state index contributed by atoms with van der Waals surface area (Å²) >= 11 is 0. The molecule has 0 aliphatic carbocycles. The number of carbonyl (C=O) groups excluding carboxylic acids is 1. The number of hydrogen-bond donors (Lipinski definition) is 1. The Morgan fingerprint density at radius 2 is 2.12 bits per heavy atom. The minimum absolute atomic E-state index is 0.174. The van der Waals surface area contributed by atoms with Gasteiger partial charge in [-0.3, -0.25) is 14.6 Å². The van der Waals surface area contributed by atoms with E-state index in [1.54, 1.807) is 13.1 Å². The fraction of sp³-hybridized carbons (Fsp3) is 0.250. The lowest BCUT2D eigenvalue weighted by molar-refractivity contribution is -0.121. The van der Waals surface area contributed by atoms with Crippen LogP contribution in [0.1, 0.15) is 12.6 Å². The average molecular weight is 340 g/mol. The van der Waals surface area contributed by atoms with E-state index in [1.807, 2.05) is 19.1 Å². The molecule has 0 bridgehead atoms. The second-order valence-corrected chi connectivity index (χ2v) is 5.28. The van der Waals surface area contributed by atoms with Crippen LogP contribution in [0.4, 0.5) is 0 Å². The summed E-state index contributed by atoms with van der Waals surface area (Å²) in [7, 11) is 0. The molecule has 0 aromatic carbocycles. The van der Waals surface area contributed by atoms with Crippen LogP contribution in [-0.2, 0) is 11.3 Å². The van der Waals surface area contributed by atoms with Crippen LogP contribution in [0.5, 0.6) is 0 Å². The summed E-state index contributed by atoms with van der Waals surface area (Å²) < 4.78 is 6.29. The van der Waals surface area contributed by atoms with Gasteiger partial charge in [-0.1, -0.05) is 5.16 Å². The topological polar surface area (TPSA) is 116 Å². The summed E-state index contributed by atoms with van der Waals surface area (Å²) in [5, 5.41) is 10.6. The molecule has 3 aromatic heterocycles. The van der Waals surface area contributed by atoms with Gasteiger partial charge < -0.3 is 9.84 Å². The molecule has 9 heteroatoms. The molecule has 25 heavy (non-hydrogen) atoms. The number of rotatable bonds is 5. The number of pyridine rings is 1. The SMILES string of the molecule is CCNC(=O)Cn1nc(-c2noc(-c3ccc(C)nc3)n2)ccc1=O. The molecular weight excluding hydrogens is 324 g/mol. The zero-order valence-corrected chi connectivity index (χ0v) is 13.8. The first-order valence-corrected chi connectivity index (χ1v) is 7.69. The van der Waals surface area contributed by atoms with E-state index in [0.29, 0.717) is 23.7 Å². The van der Waals surface area contributed by atoms with E-state index in [-0.39, 0.29) is 23.8 Å². The van der Waals surface area contributed by atoms with Crippen molar-refractivity contribution < 1.29 is 9.32 Å². The van der Waals surface area contributed by atoms with Crippen LogP contribution in [0.25, 0.3) is 23.0 Å². The number of hydrogen-bond acceptors (Lipinski definition) is 7. The lowest BCUT2D eigenvalue weighted by Crippen LogP contribution is -2.33. The van der Waals surface area contributed by atoms with E-state index < -0.39 is 0 Å². The lowest BCUT2D eigenvalue weighted by Gasteiger charge is -2.05. The van der Waals surface area contributed by atoms with E-state index in [0.717, 1.165) is 10.4 Å². The fourth-order valence-corrected chi connectivity index (χ4v) is 2.11. The standard InChI is InChI=1S/C16H16N6O3/c1-3-17-13(23)9-22-14(24)7-6-12(20-22)15-19-16(25-21-15)11-5-4-10(2)18-8-11/h4-8H,3,9H2,1-2H3,(H,17,23). The number of amides is 1. The van der Waals surface area contributed by atoms with Crippen molar-refractivity contribution in [3.8, 4) is 23.0 Å². The van der Waals surface area contributed by atoms with Gasteiger partial charge in [-0.15, -0.1) is 0 Å². The van der Waals surface area contributed by atoms with Gasteiger partial charge in [0.05, 0.1) is 5.56 Å². The van der Waals surface area contributed by atoms with Crippen molar-refractivity contribution >= 4 is 5.91 Å². The van der Waals surface area contributed by atoms with Crippen LogP contribution in [0.2, 0.25) is 0 Å². The fourth-order valence-electron chi connectivity index (χ4n) is 2.11. The number of nitrogens with one attached hydrogen (secondary N) is 1. The van der Waals surface area contributed by atoms with Crippen molar-refractivity contribution in [1.29, 1.82) is 0 Å². The van der Waals surface area contributed by atoms with Gasteiger partial charge in [-0.2, -0.15) is 10.1 Å². The molecule has 0 saturated carbocycles. The van der Waals surface area contributed by atoms with Gasteiger partial charge in [-0.05, 0) is 32.0 Å². The third-order valence-corrected chi connectivity index (χ3v) is 3.35. The Morgan fingerprint density at radius 3 is 2.84 bits per heavy atom. The Morgan fingerprint density at radius 1 is 1.28 bits per heavy atom. The zero-order chi connectivity index (χ0) is 17.8. The number of likely N-dealkylation sites (N-methyl/N-ethyl adjacent to an activating group) is 1. The molecule has 9 nitrogen and oxygen atoms in total. The molecule has 0 fully saturated rings. The van der Waals surface area contributed by atoms with Crippen LogP contribution in [-0.4, -0.2) is 37.4 Å². The van der Waals surface area contributed by atoms with Gasteiger partial charge in [-0.25, -0.2) is 4.68 Å². The quantitative estimate of drug-likeness (QED) is 0.730. The lowest BCUT2D eigenvalue weighted by atomic mass is 10.2. The number of aromatic nitrogens is 5. The second-order valence-electron chi connectivity index (χ2n) is 5.28. The highest BCUT2D eigenvalue weighted by Crippen LogP contribution is 2.19. The van der Waals surface area contributed by atoms with Crippen LogP contribution in [0, 0.1) is 6.92 Å². The smallest absolute Gasteiger partial charge is 0.267 e. The summed E-state index contributed by atoms with van der Waals surface area (Å²) in [6.07, 6.45) is 1.63. The zero-order valence-electron chi connectivity index (χ0n) is 13.8. The van der Waals surface area contributed by atoms with Crippen LogP contribution >= 0.6 is 0 Å².